The number of nitro groups is 1. The minimum Gasteiger partial charge on any atom is -0.478 e. The second-order valence-electron chi connectivity index (χ2n) is 5.67. The Bertz CT molecular complexity index is 1010. The maximum absolute atomic E-state index is 12.8. The summed E-state index contributed by atoms with van der Waals surface area (Å²) in [6.07, 6.45) is 1.60. The van der Waals surface area contributed by atoms with Gasteiger partial charge in [0.15, 0.2) is 4.32 Å². The third-order valence-electron chi connectivity index (χ3n) is 3.89. The zero-order valence-corrected chi connectivity index (χ0v) is 15.5. The Morgan fingerprint density at radius 1 is 1.26 bits per heavy atom. The van der Waals surface area contributed by atoms with Crippen LogP contribution < -0.4 is 4.90 Å². The van der Waals surface area contributed by atoms with Gasteiger partial charge in [0.2, 0.25) is 0 Å². The van der Waals surface area contributed by atoms with Crippen LogP contribution in [0.1, 0.15) is 21.5 Å². The van der Waals surface area contributed by atoms with Gasteiger partial charge in [0.05, 0.1) is 21.1 Å². The summed E-state index contributed by atoms with van der Waals surface area (Å²) < 4.78 is 0.291. The molecule has 2 aromatic rings. The van der Waals surface area contributed by atoms with E-state index < -0.39 is 10.9 Å². The molecule has 1 aliphatic heterocycles. The molecule has 27 heavy (non-hydrogen) atoms. The summed E-state index contributed by atoms with van der Waals surface area (Å²) in [6.45, 7) is 1.76. The van der Waals surface area contributed by atoms with Gasteiger partial charge in [-0.3, -0.25) is 19.8 Å². The highest BCUT2D eigenvalue weighted by molar-refractivity contribution is 8.27. The first-order valence-corrected chi connectivity index (χ1v) is 8.87. The van der Waals surface area contributed by atoms with Gasteiger partial charge in [-0.25, -0.2) is 4.79 Å². The normalized spacial score (nSPS) is 15.4. The highest BCUT2D eigenvalue weighted by Gasteiger charge is 2.34. The average Bonchev–Trinajstić information content (AvgIpc) is 2.89. The Morgan fingerprint density at radius 2 is 1.93 bits per heavy atom. The van der Waals surface area contributed by atoms with Crippen LogP contribution in [0.2, 0.25) is 0 Å². The van der Waals surface area contributed by atoms with Gasteiger partial charge >= 0.3 is 5.97 Å². The number of benzene rings is 2. The average molecular weight is 400 g/mol. The van der Waals surface area contributed by atoms with Gasteiger partial charge in [0, 0.05) is 12.1 Å². The molecule has 0 spiro atoms. The summed E-state index contributed by atoms with van der Waals surface area (Å²) in [4.78, 5) is 35.9. The molecule has 3 rings (SSSR count). The molecule has 1 aliphatic rings. The number of nitrogens with zero attached hydrogens (tertiary/aromatic N) is 2. The summed E-state index contributed by atoms with van der Waals surface area (Å²) in [7, 11) is 0. The van der Waals surface area contributed by atoms with Gasteiger partial charge in [-0.05, 0) is 48.4 Å². The Hall–Kier alpha value is -3.04. The van der Waals surface area contributed by atoms with E-state index >= 15 is 0 Å². The quantitative estimate of drug-likeness (QED) is 0.358. The molecule has 1 saturated heterocycles. The van der Waals surface area contributed by atoms with Crippen molar-refractivity contribution in [3.8, 4) is 0 Å². The zero-order valence-electron chi connectivity index (χ0n) is 13.9. The van der Waals surface area contributed by atoms with Crippen molar-refractivity contribution in [3.05, 3.63) is 74.2 Å². The molecule has 1 heterocycles. The standard InChI is InChI=1S/C18H12N2O5S2/c1-10-2-5-12(17(22)23)9-14(10)19-16(21)15(27-18(19)26)8-11-3-6-13(7-4-11)20(24)25/h2-9H,1H3,(H,22,23)/b15-8-. The van der Waals surface area contributed by atoms with E-state index in [1.165, 1.54) is 29.2 Å². The van der Waals surface area contributed by atoms with Gasteiger partial charge in [-0.1, -0.05) is 30.0 Å². The van der Waals surface area contributed by atoms with Crippen molar-refractivity contribution in [2.75, 3.05) is 4.90 Å². The third-order valence-corrected chi connectivity index (χ3v) is 5.19. The lowest BCUT2D eigenvalue weighted by Crippen LogP contribution is -2.28. The SMILES string of the molecule is Cc1ccc(C(=O)O)cc1N1C(=O)/C(=C/c2ccc([N+](=O)[O-])cc2)SC1=S. The molecule has 1 N–H and O–H groups in total. The minimum atomic E-state index is -1.09. The van der Waals surface area contributed by atoms with Crippen molar-refractivity contribution in [1.82, 2.24) is 0 Å². The summed E-state index contributed by atoms with van der Waals surface area (Å²) in [6, 6.07) is 10.3. The van der Waals surface area contributed by atoms with Crippen molar-refractivity contribution in [2.45, 2.75) is 6.92 Å². The summed E-state index contributed by atoms with van der Waals surface area (Å²) in [5.41, 5.74) is 1.78. The number of thiocarbonyl (C=S) groups is 1. The van der Waals surface area contributed by atoms with E-state index in [0.717, 1.165) is 11.8 Å². The highest BCUT2D eigenvalue weighted by atomic mass is 32.2. The van der Waals surface area contributed by atoms with E-state index in [4.69, 9.17) is 12.2 Å². The van der Waals surface area contributed by atoms with Crippen molar-refractivity contribution in [2.24, 2.45) is 0 Å². The number of hydrogen-bond donors (Lipinski definition) is 1. The van der Waals surface area contributed by atoms with Crippen molar-refractivity contribution in [3.63, 3.8) is 0 Å². The molecule has 0 saturated carbocycles. The number of carbonyl (C=O) groups is 2. The number of rotatable bonds is 4. The lowest BCUT2D eigenvalue weighted by atomic mass is 10.1. The van der Waals surface area contributed by atoms with Gasteiger partial charge in [-0.2, -0.15) is 0 Å². The van der Waals surface area contributed by atoms with Crippen LogP contribution in [0.5, 0.6) is 0 Å². The van der Waals surface area contributed by atoms with E-state index in [1.54, 1.807) is 31.2 Å². The Morgan fingerprint density at radius 3 is 2.52 bits per heavy atom. The molecule has 0 unspecified atom stereocenters. The lowest BCUT2D eigenvalue weighted by molar-refractivity contribution is -0.384. The molecule has 7 nitrogen and oxygen atoms in total. The molecule has 9 heteroatoms. The molecule has 0 bridgehead atoms. The molecule has 0 aliphatic carbocycles. The first-order chi connectivity index (χ1) is 12.8. The lowest BCUT2D eigenvalue weighted by Gasteiger charge is -2.17. The third kappa shape index (κ3) is 3.74. The molecule has 0 aromatic heterocycles. The zero-order chi connectivity index (χ0) is 19.7. The van der Waals surface area contributed by atoms with Crippen molar-refractivity contribution < 1.29 is 19.6 Å². The maximum Gasteiger partial charge on any atom is 0.335 e. The number of nitro benzene ring substituents is 1. The van der Waals surface area contributed by atoms with Crippen LogP contribution >= 0.6 is 24.0 Å². The van der Waals surface area contributed by atoms with Gasteiger partial charge < -0.3 is 5.11 Å². The van der Waals surface area contributed by atoms with Crippen molar-refractivity contribution >= 4 is 57.6 Å². The fourth-order valence-corrected chi connectivity index (χ4v) is 3.79. The monoisotopic (exact) mass is 400 g/mol. The van der Waals surface area contributed by atoms with Crippen LogP contribution in [0.3, 0.4) is 0 Å². The fourth-order valence-electron chi connectivity index (χ4n) is 2.50. The van der Waals surface area contributed by atoms with Gasteiger partial charge in [0.25, 0.3) is 11.6 Å². The number of aryl methyl sites for hydroxylation is 1. The maximum atomic E-state index is 12.8. The first-order valence-electron chi connectivity index (χ1n) is 7.64. The Balaban J connectivity index is 1.95. The Kier molecular flexibility index (Phi) is 5.06. The Labute approximate surface area is 163 Å². The predicted molar refractivity (Wildman–Crippen MR) is 107 cm³/mol. The molecule has 1 amide bonds. The number of aromatic carboxylic acids is 1. The number of carboxylic acid groups (broad SMARTS) is 1. The number of anilines is 1. The molecule has 0 atom stereocenters. The molecular formula is C18H12N2O5S2. The summed E-state index contributed by atoms with van der Waals surface area (Å²) in [5.74, 6) is -1.46. The molecular weight excluding hydrogens is 388 g/mol. The minimum absolute atomic E-state index is 0.0409. The summed E-state index contributed by atoms with van der Waals surface area (Å²) >= 11 is 6.40. The van der Waals surface area contributed by atoms with Crippen LogP contribution in [0.25, 0.3) is 6.08 Å². The van der Waals surface area contributed by atoms with Crippen LogP contribution in [0, 0.1) is 17.0 Å². The van der Waals surface area contributed by atoms with E-state index in [-0.39, 0.29) is 17.2 Å². The van der Waals surface area contributed by atoms with Crippen LogP contribution in [0.15, 0.2) is 47.4 Å². The van der Waals surface area contributed by atoms with Gasteiger partial charge in [-0.15, -0.1) is 0 Å². The van der Waals surface area contributed by atoms with Gasteiger partial charge in [0.1, 0.15) is 0 Å². The topological polar surface area (TPSA) is 101 Å². The predicted octanol–water partition coefficient (Wildman–Crippen LogP) is 4.01. The van der Waals surface area contributed by atoms with E-state index in [1.807, 2.05) is 0 Å². The fraction of sp³-hybridized carbons (Fsp3) is 0.0556. The van der Waals surface area contributed by atoms with Crippen LogP contribution in [-0.4, -0.2) is 26.2 Å². The van der Waals surface area contributed by atoms with E-state index in [0.29, 0.717) is 26.0 Å². The van der Waals surface area contributed by atoms with E-state index in [2.05, 4.69) is 0 Å². The smallest absolute Gasteiger partial charge is 0.335 e. The first kappa shape index (κ1) is 18.7. The molecule has 0 radical (unpaired) electrons. The van der Waals surface area contributed by atoms with Crippen molar-refractivity contribution in [1.29, 1.82) is 0 Å². The second-order valence-corrected chi connectivity index (χ2v) is 7.35. The van der Waals surface area contributed by atoms with Crippen LogP contribution in [-0.2, 0) is 4.79 Å². The number of thioether (sulfide) groups is 1. The number of carbonyl (C=O) groups excluding carboxylic acids is 1. The van der Waals surface area contributed by atoms with Crippen LogP contribution in [0.4, 0.5) is 11.4 Å². The molecule has 1 fully saturated rings. The van der Waals surface area contributed by atoms with E-state index in [9.17, 15) is 24.8 Å². The second kappa shape index (κ2) is 7.29. The highest BCUT2D eigenvalue weighted by Crippen LogP contribution is 2.37. The summed E-state index contributed by atoms with van der Waals surface area (Å²) in [5, 5.41) is 19.9. The number of carboxylic acids is 1. The largest absolute Gasteiger partial charge is 0.478 e. The number of non-ortho nitro benzene ring substituents is 1. The number of hydrogen-bond acceptors (Lipinski definition) is 6. The number of amides is 1. The molecule has 136 valence electrons. The molecule has 2 aromatic carbocycles.